The maximum absolute atomic E-state index is 12.8. The number of hydrogen-bond acceptors (Lipinski definition) is 3. The Labute approximate surface area is 95.0 Å². The lowest BCUT2D eigenvalue weighted by atomic mass is 10.0. The summed E-state index contributed by atoms with van der Waals surface area (Å²) in [5, 5.41) is 0. The molecule has 4 N–H and O–H groups in total. The molecule has 0 saturated carbocycles. The molecule has 0 heterocycles. The molecule has 0 unspecified atom stereocenters. The van der Waals surface area contributed by atoms with E-state index in [0.29, 0.717) is 18.7 Å². The van der Waals surface area contributed by atoms with E-state index >= 15 is 0 Å². The van der Waals surface area contributed by atoms with Gasteiger partial charge in [-0.25, -0.2) is 4.39 Å². The van der Waals surface area contributed by atoms with Crippen molar-refractivity contribution in [1.29, 1.82) is 0 Å². The van der Waals surface area contributed by atoms with Crippen LogP contribution in [0.15, 0.2) is 18.2 Å². The monoisotopic (exact) mass is 234 g/mol. The molecule has 1 aromatic rings. The summed E-state index contributed by atoms with van der Waals surface area (Å²) in [6, 6.07) is 4.13. The van der Waals surface area contributed by atoms with E-state index < -0.39 is 0 Å². The van der Waals surface area contributed by atoms with Crippen LogP contribution in [0.1, 0.15) is 18.0 Å². The molecule has 0 aliphatic rings. The quantitative estimate of drug-likeness (QED) is 0.832. The van der Waals surface area contributed by atoms with Gasteiger partial charge in [-0.1, -0.05) is 6.07 Å². The molecule has 5 heteroatoms. The molecular formula is C10H16ClFN2O. The van der Waals surface area contributed by atoms with Crippen LogP contribution in [0.2, 0.25) is 0 Å². The summed E-state index contributed by atoms with van der Waals surface area (Å²) < 4.78 is 17.9. The number of hydrogen-bond donors (Lipinski definition) is 2. The SMILES string of the molecule is COc1cc(F)ccc1[C@H](N)CCN.Cl. The van der Waals surface area contributed by atoms with E-state index in [4.69, 9.17) is 16.2 Å². The minimum Gasteiger partial charge on any atom is -0.496 e. The zero-order valence-electron chi connectivity index (χ0n) is 8.57. The molecule has 0 aliphatic heterocycles. The van der Waals surface area contributed by atoms with Crippen molar-refractivity contribution in [3.05, 3.63) is 29.6 Å². The summed E-state index contributed by atoms with van der Waals surface area (Å²) in [5.41, 5.74) is 12.0. The molecule has 0 aliphatic carbocycles. The van der Waals surface area contributed by atoms with Crippen LogP contribution in [-0.4, -0.2) is 13.7 Å². The van der Waals surface area contributed by atoms with Crippen LogP contribution in [0.4, 0.5) is 4.39 Å². The van der Waals surface area contributed by atoms with Crippen LogP contribution in [0.25, 0.3) is 0 Å². The molecular weight excluding hydrogens is 219 g/mol. The van der Waals surface area contributed by atoms with Crippen molar-refractivity contribution in [3.8, 4) is 5.75 Å². The molecule has 3 nitrogen and oxygen atoms in total. The highest BCUT2D eigenvalue weighted by atomic mass is 35.5. The van der Waals surface area contributed by atoms with E-state index in [9.17, 15) is 4.39 Å². The van der Waals surface area contributed by atoms with Crippen molar-refractivity contribution in [2.45, 2.75) is 12.5 Å². The van der Waals surface area contributed by atoms with Gasteiger partial charge in [0.1, 0.15) is 11.6 Å². The van der Waals surface area contributed by atoms with Crippen LogP contribution in [0.5, 0.6) is 5.75 Å². The number of nitrogens with two attached hydrogens (primary N) is 2. The Balaban J connectivity index is 0.00000196. The van der Waals surface area contributed by atoms with Crippen molar-refractivity contribution >= 4 is 12.4 Å². The minimum atomic E-state index is -0.328. The van der Waals surface area contributed by atoms with Crippen molar-refractivity contribution < 1.29 is 9.13 Å². The molecule has 1 atom stereocenters. The summed E-state index contributed by atoms with van der Waals surface area (Å²) in [6.07, 6.45) is 0.655. The molecule has 0 bridgehead atoms. The summed E-state index contributed by atoms with van der Waals surface area (Å²) in [4.78, 5) is 0. The van der Waals surface area contributed by atoms with E-state index in [1.807, 2.05) is 0 Å². The lowest BCUT2D eigenvalue weighted by Gasteiger charge is -2.14. The number of benzene rings is 1. The van der Waals surface area contributed by atoms with Crippen molar-refractivity contribution in [2.24, 2.45) is 11.5 Å². The number of ether oxygens (including phenoxy) is 1. The minimum absolute atomic E-state index is 0. The van der Waals surface area contributed by atoms with E-state index in [0.717, 1.165) is 5.56 Å². The van der Waals surface area contributed by atoms with Gasteiger partial charge in [0.15, 0.2) is 0 Å². The molecule has 0 aromatic heterocycles. The molecule has 1 aromatic carbocycles. The third-order valence-corrected chi connectivity index (χ3v) is 2.07. The van der Waals surface area contributed by atoms with Gasteiger partial charge in [-0.15, -0.1) is 12.4 Å². The maximum Gasteiger partial charge on any atom is 0.126 e. The van der Waals surface area contributed by atoms with Gasteiger partial charge < -0.3 is 16.2 Å². The van der Waals surface area contributed by atoms with E-state index in [1.54, 1.807) is 6.07 Å². The first-order valence-corrected chi connectivity index (χ1v) is 4.48. The van der Waals surface area contributed by atoms with E-state index in [1.165, 1.54) is 19.2 Å². The van der Waals surface area contributed by atoms with Gasteiger partial charge in [0.05, 0.1) is 7.11 Å². The van der Waals surface area contributed by atoms with Crippen molar-refractivity contribution in [3.63, 3.8) is 0 Å². The fraction of sp³-hybridized carbons (Fsp3) is 0.400. The average Bonchev–Trinajstić information content (AvgIpc) is 2.17. The first-order valence-electron chi connectivity index (χ1n) is 4.48. The van der Waals surface area contributed by atoms with Crippen LogP contribution in [0, 0.1) is 5.82 Å². The molecule has 0 amide bonds. The molecule has 15 heavy (non-hydrogen) atoms. The Bertz CT molecular complexity index is 309. The topological polar surface area (TPSA) is 61.3 Å². The zero-order valence-corrected chi connectivity index (χ0v) is 9.39. The third-order valence-electron chi connectivity index (χ3n) is 2.07. The zero-order chi connectivity index (χ0) is 10.6. The van der Waals surface area contributed by atoms with Gasteiger partial charge in [0.2, 0.25) is 0 Å². The third kappa shape index (κ3) is 3.66. The summed E-state index contributed by atoms with van der Waals surface area (Å²) in [5.74, 6) is 0.150. The first kappa shape index (κ1) is 14.2. The largest absolute Gasteiger partial charge is 0.496 e. The first-order chi connectivity index (χ1) is 6.69. The second-order valence-corrected chi connectivity index (χ2v) is 3.07. The highest BCUT2D eigenvalue weighted by Crippen LogP contribution is 2.25. The molecule has 0 spiro atoms. The molecule has 0 saturated heterocycles. The number of rotatable bonds is 4. The van der Waals surface area contributed by atoms with Gasteiger partial charge in [0.25, 0.3) is 0 Å². The van der Waals surface area contributed by atoms with Crippen LogP contribution < -0.4 is 16.2 Å². The second kappa shape index (κ2) is 6.61. The second-order valence-electron chi connectivity index (χ2n) is 3.07. The lowest BCUT2D eigenvalue weighted by Crippen LogP contribution is -2.16. The van der Waals surface area contributed by atoms with Gasteiger partial charge >= 0.3 is 0 Å². The predicted octanol–water partition coefficient (Wildman–Crippen LogP) is 1.60. The van der Waals surface area contributed by atoms with Gasteiger partial charge in [-0.05, 0) is 19.0 Å². The van der Waals surface area contributed by atoms with Crippen molar-refractivity contribution in [1.82, 2.24) is 0 Å². The molecule has 1 rings (SSSR count). The highest BCUT2D eigenvalue weighted by Gasteiger charge is 2.11. The smallest absolute Gasteiger partial charge is 0.126 e. The Kier molecular flexibility index (Phi) is 6.24. The normalized spacial score (nSPS) is 11.7. The number of methoxy groups -OCH3 is 1. The summed E-state index contributed by atoms with van der Waals surface area (Å²) in [6.45, 7) is 0.502. The Morgan fingerprint density at radius 2 is 2.13 bits per heavy atom. The fourth-order valence-electron chi connectivity index (χ4n) is 1.33. The Morgan fingerprint density at radius 3 is 2.67 bits per heavy atom. The summed E-state index contributed by atoms with van der Waals surface area (Å²) >= 11 is 0. The van der Waals surface area contributed by atoms with Crippen LogP contribution in [0.3, 0.4) is 0 Å². The van der Waals surface area contributed by atoms with E-state index in [2.05, 4.69) is 0 Å². The average molecular weight is 235 g/mol. The predicted molar refractivity (Wildman–Crippen MR) is 60.8 cm³/mol. The summed E-state index contributed by atoms with van der Waals surface area (Å²) in [7, 11) is 1.49. The Morgan fingerprint density at radius 1 is 1.47 bits per heavy atom. The molecule has 0 fully saturated rings. The van der Waals surface area contributed by atoms with Gasteiger partial charge in [0, 0.05) is 17.7 Å². The lowest BCUT2D eigenvalue weighted by molar-refractivity contribution is 0.401. The fourth-order valence-corrected chi connectivity index (χ4v) is 1.33. The van der Waals surface area contributed by atoms with E-state index in [-0.39, 0.29) is 24.3 Å². The van der Waals surface area contributed by atoms with Gasteiger partial charge in [-0.2, -0.15) is 0 Å². The standard InChI is InChI=1S/C10H15FN2O.ClH/c1-14-10-6-7(11)2-3-8(10)9(13)4-5-12;/h2-3,6,9H,4-5,12-13H2,1H3;1H/t9-;/m1./s1. The Hall–Kier alpha value is -0.840. The number of halogens is 2. The van der Waals surface area contributed by atoms with Crippen LogP contribution in [-0.2, 0) is 0 Å². The van der Waals surface area contributed by atoms with Gasteiger partial charge in [-0.3, -0.25) is 0 Å². The van der Waals surface area contributed by atoms with Crippen molar-refractivity contribution in [2.75, 3.05) is 13.7 Å². The highest BCUT2D eigenvalue weighted by molar-refractivity contribution is 5.85. The maximum atomic E-state index is 12.8. The molecule has 86 valence electrons. The van der Waals surface area contributed by atoms with Crippen LogP contribution >= 0.6 is 12.4 Å². The molecule has 0 radical (unpaired) electrons.